The number of hydrogen-bond donors (Lipinski definition) is 3. The van der Waals surface area contributed by atoms with Crippen LogP contribution < -0.4 is 5.73 Å². The Morgan fingerprint density at radius 1 is 1.08 bits per heavy atom. The lowest BCUT2D eigenvalue weighted by molar-refractivity contribution is -0.296. The first-order chi connectivity index (χ1) is 28.2. The second-order valence-corrected chi connectivity index (χ2v) is 16.9. The lowest BCUT2D eigenvalue weighted by Crippen LogP contribution is -2.60. The van der Waals surface area contributed by atoms with E-state index in [2.05, 4.69) is 20.1 Å². The number of hydrogen-bond acceptors (Lipinski definition) is 18. The Hall–Kier alpha value is -4.11. The summed E-state index contributed by atoms with van der Waals surface area (Å²) in [6.07, 6.45) is -6.41. The lowest BCUT2D eigenvalue weighted by Gasteiger charge is -2.47. The number of cyclic esters (lactones) is 1. The van der Waals surface area contributed by atoms with Gasteiger partial charge < -0.3 is 58.5 Å². The average molecular weight is 847 g/mol. The first kappa shape index (κ1) is 46.9. The summed E-state index contributed by atoms with van der Waals surface area (Å²) < 4.78 is 42.7. The molecule has 3 fully saturated rings. The summed E-state index contributed by atoms with van der Waals surface area (Å²) in [5.41, 5.74) is 3.98. The molecule has 0 spiro atoms. The van der Waals surface area contributed by atoms with Crippen molar-refractivity contribution < 1.29 is 62.3 Å². The molecule has 13 atom stereocenters. The monoisotopic (exact) mass is 846 g/mol. The highest BCUT2D eigenvalue weighted by atomic mass is 16.7. The van der Waals surface area contributed by atoms with Gasteiger partial charge in [0.05, 0.1) is 49.9 Å². The number of pyridine rings is 1. The van der Waals surface area contributed by atoms with Crippen LogP contribution in [0.2, 0.25) is 0 Å². The quantitative estimate of drug-likeness (QED) is 0.205. The molecule has 5 heterocycles. The van der Waals surface area contributed by atoms with Gasteiger partial charge in [-0.3, -0.25) is 9.59 Å². The Morgan fingerprint density at radius 2 is 1.80 bits per heavy atom. The number of ketones is 1. The predicted molar refractivity (Wildman–Crippen MR) is 217 cm³/mol. The number of rotatable bonds is 7. The van der Waals surface area contributed by atoms with E-state index in [1.165, 1.54) is 21.0 Å². The largest absolute Gasteiger partial charge is 0.459 e. The highest BCUT2D eigenvalue weighted by Gasteiger charge is 2.53. The Balaban J connectivity index is 1.67. The topological polar surface area (TPSA) is 249 Å². The maximum atomic E-state index is 14.5. The van der Waals surface area contributed by atoms with Gasteiger partial charge in [0.15, 0.2) is 24.3 Å². The maximum absolute atomic E-state index is 14.5. The fourth-order valence-electron chi connectivity index (χ4n) is 8.72. The van der Waals surface area contributed by atoms with Crippen LogP contribution in [0.4, 0.5) is 10.8 Å². The van der Waals surface area contributed by atoms with Crippen LogP contribution in [0.25, 0.3) is 11.2 Å². The lowest BCUT2D eigenvalue weighted by atomic mass is 9.73. The molecule has 19 nitrogen and oxygen atoms in total. The van der Waals surface area contributed by atoms with Crippen molar-refractivity contribution in [1.29, 1.82) is 0 Å². The van der Waals surface area contributed by atoms with E-state index >= 15 is 0 Å². The second-order valence-electron chi connectivity index (χ2n) is 16.9. The van der Waals surface area contributed by atoms with E-state index in [1.54, 1.807) is 39.8 Å². The molecule has 5 rings (SSSR count). The first-order valence-electron chi connectivity index (χ1n) is 20.4. The van der Waals surface area contributed by atoms with Crippen molar-refractivity contribution in [2.75, 3.05) is 40.2 Å². The SMILES string of the molecule is CC[C@H]1OC(=O)[C@H](C)C(=O)[C@H](C)[C@@H](O[C@@H]2O[C@H](C)C[C@H](N(C)C)[C@H]2O)[C@@]2(C)C[C@@H](C)C(=NC(=O)OC)[C@H](C)[C@H](OC/C(=N\OCc3ccc4oc(N)nc4n3)CO2)[C@]1(C)O. The Kier molecular flexibility index (Phi) is 15.1. The van der Waals surface area contributed by atoms with E-state index in [-0.39, 0.29) is 62.2 Å². The predicted octanol–water partition coefficient (Wildman–Crippen LogP) is 3.46. The van der Waals surface area contributed by atoms with Crippen LogP contribution in [0, 0.1) is 23.7 Å². The molecular weight excluding hydrogens is 784 g/mol. The van der Waals surface area contributed by atoms with Crippen LogP contribution in [-0.2, 0) is 49.5 Å². The number of fused-ring (bicyclic) bond motifs is 6. The van der Waals surface area contributed by atoms with Gasteiger partial charge in [0.25, 0.3) is 6.01 Å². The number of aliphatic hydroxyl groups excluding tert-OH is 1. The number of nitrogen functional groups attached to an aromatic ring is 1. The van der Waals surface area contributed by atoms with Crippen molar-refractivity contribution in [2.45, 2.75) is 135 Å². The second kappa shape index (κ2) is 19.3. The molecule has 334 valence electrons. The highest BCUT2D eigenvalue weighted by Crippen LogP contribution is 2.40. The number of nitrogens with two attached hydrogens (primary N) is 1. The normalized spacial score (nSPS) is 37.7. The number of aromatic nitrogens is 2. The van der Waals surface area contributed by atoms with E-state index in [4.69, 9.17) is 43.4 Å². The zero-order chi connectivity index (χ0) is 44.3. The van der Waals surface area contributed by atoms with E-state index < -0.39 is 83.4 Å². The number of nitrogens with zero attached hydrogens (tertiary/aromatic N) is 5. The number of aliphatic imine (C=N–C) groups is 1. The van der Waals surface area contributed by atoms with Gasteiger partial charge in [0.1, 0.15) is 29.4 Å². The van der Waals surface area contributed by atoms with Gasteiger partial charge in [0.2, 0.25) is 5.65 Å². The molecule has 19 heteroatoms. The van der Waals surface area contributed by atoms with Gasteiger partial charge in [-0.05, 0) is 79.1 Å². The fourth-order valence-corrected chi connectivity index (χ4v) is 8.72. The Labute approximate surface area is 350 Å². The van der Waals surface area contributed by atoms with Gasteiger partial charge in [-0.25, -0.2) is 9.78 Å². The summed E-state index contributed by atoms with van der Waals surface area (Å²) in [5.74, 6) is -5.19. The summed E-state index contributed by atoms with van der Waals surface area (Å²) in [6, 6.07) is 2.95. The third kappa shape index (κ3) is 10.3. The van der Waals surface area contributed by atoms with Crippen LogP contribution in [0.3, 0.4) is 0 Å². The smallest absolute Gasteiger partial charge is 0.433 e. The summed E-state index contributed by atoms with van der Waals surface area (Å²) in [6.45, 7) is 12.9. The van der Waals surface area contributed by atoms with Crippen molar-refractivity contribution in [1.82, 2.24) is 14.9 Å². The van der Waals surface area contributed by atoms with Crippen molar-refractivity contribution in [3.8, 4) is 0 Å². The minimum atomic E-state index is -1.92. The van der Waals surface area contributed by atoms with Crippen molar-refractivity contribution in [3.05, 3.63) is 17.8 Å². The number of ether oxygens (including phenoxy) is 6. The highest BCUT2D eigenvalue weighted by molar-refractivity contribution is 6.00. The van der Waals surface area contributed by atoms with Crippen molar-refractivity contribution in [2.24, 2.45) is 33.8 Å². The number of carbonyl (C=O) groups is 3. The van der Waals surface area contributed by atoms with Crippen LogP contribution in [0.15, 0.2) is 26.7 Å². The molecule has 3 aliphatic rings. The zero-order valence-electron chi connectivity index (χ0n) is 36.4. The molecule has 2 aromatic heterocycles. The van der Waals surface area contributed by atoms with Crippen LogP contribution in [0.5, 0.6) is 0 Å². The average Bonchev–Trinajstić information content (AvgIpc) is 3.57. The molecule has 0 unspecified atom stereocenters. The molecule has 0 aromatic carbocycles. The van der Waals surface area contributed by atoms with Gasteiger partial charge in [-0.15, -0.1) is 0 Å². The Morgan fingerprint density at radius 3 is 2.47 bits per heavy atom. The third-order valence-electron chi connectivity index (χ3n) is 12.0. The van der Waals surface area contributed by atoms with Crippen LogP contribution in [-0.4, -0.2) is 143 Å². The van der Waals surface area contributed by atoms with E-state index in [0.717, 1.165) is 0 Å². The molecule has 2 aromatic rings. The summed E-state index contributed by atoms with van der Waals surface area (Å²) >= 11 is 0. The number of carbonyl (C=O) groups excluding carboxylic acids is 3. The molecule has 0 radical (unpaired) electrons. The van der Waals surface area contributed by atoms with Gasteiger partial charge in [-0.2, -0.15) is 9.98 Å². The Bertz CT molecular complexity index is 1900. The van der Waals surface area contributed by atoms with Gasteiger partial charge >= 0.3 is 12.1 Å². The zero-order valence-corrected chi connectivity index (χ0v) is 36.4. The number of oxazole rings is 1. The van der Waals surface area contributed by atoms with Gasteiger partial charge in [-0.1, -0.05) is 32.9 Å². The fraction of sp³-hybridized carbons (Fsp3) is 0.732. The standard InChI is InChI=1S/C41H62N6O13/c1-12-29-41(8,52)34-22(4)30(44-39(51)53-11)20(2)16-40(7,55-18-26(17-54-34)46-56-19-25-13-14-28-35(43-25)45-38(42)58-28)33(23(5)31(48)24(6)36(50)59-29)60-37-32(49)27(47(9)10)15-21(3)57-37/h13-14,20-24,27,29,32-34,37,49,52H,12,15-19H2,1-11H3,(H2,42,43,45)/b44-30?,46-26+/t20-,21-,22+,23+,24-,27+,29-,32-,33-,34+,37+,40-,41-/m1/s1. The number of esters is 1. The first-order valence-corrected chi connectivity index (χ1v) is 20.4. The third-order valence-corrected chi connectivity index (χ3v) is 12.0. The molecule has 3 aliphatic heterocycles. The van der Waals surface area contributed by atoms with Crippen LogP contribution in [0.1, 0.15) is 80.3 Å². The number of amides is 1. The van der Waals surface area contributed by atoms with Crippen molar-refractivity contribution in [3.63, 3.8) is 0 Å². The molecule has 0 saturated carbocycles. The number of Topliss-reactive ketones (excluding diaryl/α,β-unsaturated/α-hetero) is 1. The summed E-state index contributed by atoms with van der Waals surface area (Å²) in [7, 11) is 4.90. The van der Waals surface area contributed by atoms with E-state index in [0.29, 0.717) is 23.3 Å². The molecule has 0 aliphatic carbocycles. The van der Waals surface area contributed by atoms with Gasteiger partial charge in [0, 0.05) is 23.6 Å². The minimum absolute atomic E-state index is 0.0286. The molecular formula is C41H62N6O13. The number of anilines is 1. The number of aliphatic hydroxyl groups is 2. The molecule has 60 heavy (non-hydrogen) atoms. The summed E-state index contributed by atoms with van der Waals surface area (Å²) in [5, 5.41) is 28.5. The maximum Gasteiger partial charge on any atom is 0.433 e. The number of oxime groups is 1. The molecule has 4 N–H and O–H groups in total. The summed E-state index contributed by atoms with van der Waals surface area (Å²) in [4.78, 5) is 61.9. The molecule has 2 bridgehead atoms. The number of likely N-dealkylation sites (N-methyl/N-ethyl adjacent to an activating group) is 1. The van der Waals surface area contributed by atoms with E-state index in [9.17, 15) is 24.6 Å². The minimum Gasteiger partial charge on any atom is -0.459 e. The molecule has 1 amide bonds. The number of methoxy groups -OCH3 is 1. The molecule has 3 saturated heterocycles. The van der Waals surface area contributed by atoms with E-state index in [1.807, 2.05) is 32.8 Å². The van der Waals surface area contributed by atoms with Crippen LogP contribution >= 0.6 is 0 Å². The van der Waals surface area contributed by atoms with Crippen molar-refractivity contribution >= 4 is 46.5 Å².